The lowest BCUT2D eigenvalue weighted by Crippen LogP contribution is -2.45. The maximum Gasteiger partial charge on any atom is 0.253 e. The first-order valence-electron chi connectivity index (χ1n) is 5.71. The zero-order valence-electron chi connectivity index (χ0n) is 9.96. The van der Waals surface area contributed by atoms with Crippen LogP contribution in [0.15, 0.2) is 23.1 Å². The van der Waals surface area contributed by atoms with E-state index in [1.165, 1.54) is 12.8 Å². The number of hydrogen-bond acceptors (Lipinski definition) is 2. The molecule has 0 aliphatic heterocycles. The number of carbonyl (C=O) groups excluding carboxylic acids is 1. The predicted octanol–water partition coefficient (Wildman–Crippen LogP) is 3.55. The van der Waals surface area contributed by atoms with Gasteiger partial charge in [0.05, 0.1) is 10.6 Å². The summed E-state index contributed by atoms with van der Waals surface area (Å²) in [6, 6.07) is 5.17. The van der Waals surface area contributed by atoms with Crippen molar-refractivity contribution in [3.05, 3.63) is 28.8 Å². The van der Waals surface area contributed by atoms with Gasteiger partial charge in [-0.25, -0.2) is 0 Å². The number of carbonyl (C=O) groups is 1. The Morgan fingerprint density at radius 2 is 2.12 bits per heavy atom. The van der Waals surface area contributed by atoms with Crippen molar-refractivity contribution in [1.29, 1.82) is 0 Å². The van der Waals surface area contributed by atoms with E-state index in [0.717, 1.165) is 4.90 Å². The van der Waals surface area contributed by atoms with Gasteiger partial charge in [-0.3, -0.25) is 4.79 Å². The van der Waals surface area contributed by atoms with Crippen LogP contribution < -0.4 is 5.32 Å². The zero-order chi connectivity index (χ0) is 12.6. The van der Waals surface area contributed by atoms with Crippen molar-refractivity contribution in [3.8, 4) is 0 Å². The van der Waals surface area contributed by atoms with Crippen molar-refractivity contribution >= 4 is 30.1 Å². The third-order valence-electron chi connectivity index (χ3n) is 3.23. The van der Waals surface area contributed by atoms with Crippen LogP contribution in [0.1, 0.15) is 37.0 Å². The normalized spacial score (nSPS) is 15.8. The largest absolute Gasteiger partial charge is 0.347 e. The standard InChI is InChI=1S/C13H16ClNOS/c1-13(2,8-3-4-8)15-12(16)10-7-9(17)5-6-11(10)14/h5-8,17H,3-4H2,1-2H3,(H,15,16). The Hall–Kier alpha value is -0.670. The molecule has 1 fully saturated rings. The molecule has 17 heavy (non-hydrogen) atoms. The fourth-order valence-corrected chi connectivity index (χ4v) is 2.36. The number of hydrogen-bond donors (Lipinski definition) is 2. The summed E-state index contributed by atoms with van der Waals surface area (Å²) >= 11 is 10.2. The summed E-state index contributed by atoms with van der Waals surface area (Å²) < 4.78 is 0. The number of benzene rings is 1. The number of rotatable bonds is 3. The van der Waals surface area contributed by atoms with Crippen LogP contribution in [0.25, 0.3) is 0 Å². The van der Waals surface area contributed by atoms with Crippen LogP contribution in [-0.2, 0) is 0 Å². The van der Waals surface area contributed by atoms with Crippen molar-refractivity contribution in [3.63, 3.8) is 0 Å². The fraction of sp³-hybridized carbons (Fsp3) is 0.462. The van der Waals surface area contributed by atoms with E-state index in [1.807, 2.05) is 0 Å². The Morgan fingerprint density at radius 3 is 2.71 bits per heavy atom. The second-order valence-corrected chi connectivity index (χ2v) is 6.04. The molecule has 0 radical (unpaired) electrons. The number of thiol groups is 1. The van der Waals surface area contributed by atoms with E-state index in [-0.39, 0.29) is 11.4 Å². The van der Waals surface area contributed by atoms with Gasteiger partial charge in [0.25, 0.3) is 5.91 Å². The summed E-state index contributed by atoms with van der Waals surface area (Å²) in [4.78, 5) is 12.9. The average molecular weight is 270 g/mol. The van der Waals surface area contributed by atoms with Gasteiger partial charge in [0.2, 0.25) is 0 Å². The molecule has 0 unspecified atom stereocenters. The summed E-state index contributed by atoms with van der Waals surface area (Å²) in [7, 11) is 0. The highest BCUT2D eigenvalue weighted by atomic mass is 35.5. The maximum atomic E-state index is 12.1. The molecule has 4 heteroatoms. The second-order valence-electron chi connectivity index (χ2n) is 5.11. The number of halogens is 1. The van der Waals surface area contributed by atoms with E-state index in [2.05, 4.69) is 31.8 Å². The Kier molecular flexibility index (Phi) is 3.41. The molecule has 0 atom stereocenters. The SMILES string of the molecule is CC(C)(NC(=O)c1cc(S)ccc1Cl)C1CC1. The molecule has 0 heterocycles. The van der Waals surface area contributed by atoms with Crippen molar-refractivity contribution < 1.29 is 4.79 Å². The first-order valence-corrected chi connectivity index (χ1v) is 6.54. The van der Waals surface area contributed by atoms with Gasteiger partial charge >= 0.3 is 0 Å². The highest BCUT2D eigenvalue weighted by Gasteiger charge is 2.39. The minimum atomic E-state index is -0.160. The fourth-order valence-electron chi connectivity index (χ4n) is 1.95. The summed E-state index contributed by atoms with van der Waals surface area (Å²) in [6.45, 7) is 4.11. The lowest BCUT2D eigenvalue weighted by Gasteiger charge is -2.26. The van der Waals surface area contributed by atoms with Crippen molar-refractivity contribution in [2.24, 2.45) is 5.92 Å². The lowest BCUT2D eigenvalue weighted by atomic mass is 9.98. The predicted molar refractivity (Wildman–Crippen MR) is 73.0 cm³/mol. The Bertz CT molecular complexity index is 455. The van der Waals surface area contributed by atoms with Crippen LogP contribution in [0.4, 0.5) is 0 Å². The van der Waals surface area contributed by atoms with Gasteiger partial charge in [-0.1, -0.05) is 11.6 Å². The van der Waals surface area contributed by atoms with Crippen LogP contribution in [-0.4, -0.2) is 11.4 Å². The van der Waals surface area contributed by atoms with E-state index in [9.17, 15) is 4.79 Å². The molecule has 1 aromatic rings. The monoisotopic (exact) mass is 269 g/mol. The minimum Gasteiger partial charge on any atom is -0.347 e. The Morgan fingerprint density at radius 1 is 1.47 bits per heavy atom. The number of nitrogens with one attached hydrogen (secondary N) is 1. The molecule has 1 saturated carbocycles. The summed E-state index contributed by atoms with van der Waals surface area (Å²) in [5, 5.41) is 3.51. The second kappa shape index (κ2) is 4.54. The topological polar surface area (TPSA) is 29.1 Å². The van der Waals surface area contributed by atoms with Gasteiger partial charge in [-0.05, 0) is 50.8 Å². The molecule has 1 aliphatic rings. The molecule has 92 valence electrons. The molecular weight excluding hydrogens is 254 g/mol. The molecule has 1 aromatic carbocycles. The van der Waals surface area contributed by atoms with E-state index >= 15 is 0 Å². The molecule has 2 nitrogen and oxygen atoms in total. The highest BCUT2D eigenvalue weighted by Crippen LogP contribution is 2.39. The van der Waals surface area contributed by atoms with Gasteiger partial charge < -0.3 is 5.32 Å². The van der Waals surface area contributed by atoms with E-state index in [4.69, 9.17) is 11.6 Å². The molecule has 0 aromatic heterocycles. The van der Waals surface area contributed by atoms with Crippen molar-refractivity contribution in [2.45, 2.75) is 37.1 Å². The summed E-state index contributed by atoms with van der Waals surface area (Å²) in [5.41, 5.74) is 0.334. The van der Waals surface area contributed by atoms with Gasteiger partial charge in [0, 0.05) is 10.4 Å². The lowest BCUT2D eigenvalue weighted by molar-refractivity contribution is 0.0903. The smallest absolute Gasteiger partial charge is 0.253 e. The molecule has 0 spiro atoms. The molecule has 0 saturated heterocycles. The van der Waals surface area contributed by atoms with Gasteiger partial charge in [-0.2, -0.15) is 0 Å². The highest BCUT2D eigenvalue weighted by molar-refractivity contribution is 7.80. The first-order chi connectivity index (χ1) is 7.90. The van der Waals surface area contributed by atoms with Crippen LogP contribution in [0, 0.1) is 5.92 Å². The number of amides is 1. The quantitative estimate of drug-likeness (QED) is 0.808. The Balaban J connectivity index is 2.16. The van der Waals surface area contributed by atoms with Crippen molar-refractivity contribution in [1.82, 2.24) is 5.32 Å². The average Bonchev–Trinajstić information content (AvgIpc) is 3.04. The van der Waals surface area contributed by atoms with E-state index in [0.29, 0.717) is 16.5 Å². The van der Waals surface area contributed by atoms with Gasteiger partial charge in [0.1, 0.15) is 0 Å². The molecule has 1 aliphatic carbocycles. The van der Waals surface area contributed by atoms with Crippen LogP contribution in [0.5, 0.6) is 0 Å². The Labute approximate surface area is 112 Å². The van der Waals surface area contributed by atoms with E-state index in [1.54, 1.807) is 18.2 Å². The summed E-state index contributed by atoms with van der Waals surface area (Å²) in [6.07, 6.45) is 2.38. The van der Waals surface area contributed by atoms with Crippen LogP contribution >= 0.6 is 24.2 Å². The minimum absolute atomic E-state index is 0.122. The molecule has 0 bridgehead atoms. The molecule has 2 rings (SSSR count). The van der Waals surface area contributed by atoms with Gasteiger partial charge in [-0.15, -0.1) is 12.6 Å². The molecule has 1 amide bonds. The van der Waals surface area contributed by atoms with Crippen LogP contribution in [0.3, 0.4) is 0 Å². The molecule has 1 N–H and O–H groups in total. The van der Waals surface area contributed by atoms with Crippen LogP contribution in [0.2, 0.25) is 5.02 Å². The maximum absolute atomic E-state index is 12.1. The van der Waals surface area contributed by atoms with E-state index < -0.39 is 0 Å². The third kappa shape index (κ3) is 2.96. The zero-order valence-corrected chi connectivity index (χ0v) is 11.6. The summed E-state index contributed by atoms with van der Waals surface area (Å²) in [5.74, 6) is 0.465. The third-order valence-corrected chi connectivity index (χ3v) is 3.84. The van der Waals surface area contributed by atoms with Gasteiger partial charge in [0.15, 0.2) is 0 Å². The molecular formula is C13H16ClNOS. The van der Waals surface area contributed by atoms with Crippen molar-refractivity contribution in [2.75, 3.05) is 0 Å². The first kappa shape index (κ1) is 12.8.